The van der Waals surface area contributed by atoms with Crippen LogP contribution in [-0.4, -0.2) is 29.1 Å². The largest absolute Gasteiger partial charge is 0.497 e. The number of hydrogen-bond acceptors (Lipinski definition) is 5. The number of hydrogen-bond donors (Lipinski definition) is 1. The van der Waals surface area contributed by atoms with Gasteiger partial charge in [-0.15, -0.1) is 0 Å². The first-order chi connectivity index (χ1) is 13.2. The fraction of sp³-hybridized carbons (Fsp3) is 0.136. The highest BCUT2D eigenvalue weighted by molar-refractivity contribution is 5.94. The second-order valence-corrected chi connectivity index (χ2v) is 6.30. The molecule has 5 heteroatoms. The molecular formula is C22H20N4O. The molecule has 0 saturated carbocycles. The molecule has 0 fully saturated rings. The van der Waals surface area contributed by atoms with E-state index in [9.17, 15) is 0 Å². The van der Waals surface area contributed by atoms with Crippen molar-refractivity contribution in [1.82, 2.24) is 15.0 Å². The van der Waals surface area contributed by atoms with Crippen molar-refractivity contribution in [2.75, 3.05) is 19.5 Å². The highest BCUT2D eigenvalue weighted by atomic mass is 16.5. The fourth-order valence-corrected chi connectivity index (χ4v) is 3.18. The van der Waals surface area contributed by atoms with E-state index in [1.165, 1.54) is 5.56 Å². The van der Waals surface area contributed by atoms with Gasteiger partial charge in [0.15, 0.2) is 5.82 Å². The van der Waals surface area contributed by atoms with E-state index in [2.05, 4.69) is 46.5 Å². The molecule has 0 aliphatic carbocycles. The first-order valence-corrected chi connectivity index (χ1v) is 8.74. The normalized spacial score (nSPS) is 10.8. The van der Waals surface area contributed by atoms with Crippen LogP contribution in [0.15, 0.2) is 60.9 Å². The summed E-state index contributed by atoms with van der Waals surface area (Å²) in [5.41, 5.74) is 5.22. The average molecular weight is 356 g/mol. The van der Waals surface area contributed by atoms with E-state index in [-0.39, 0.29) is 0 Å². The highest BCUT2D eigenvalue weighted by Crippen LogP contribution is 2.32. The number of methoxy groups -OCH3 is 1. The molecule has 4 aromatic rings. The molecule has 4 rings (SSSR count). The molecule has 2 aromatic carbocycles. The Morgan fingerprint density at radius 1 is 0.963 bits per heavy atom. The van der Waals surface area contributed by atoms with Gasteiger partial charge in [-0.1, -0.05) is 12.1 Å². The maximum atomic E-state index is 5.27. The number of aryl methyl sites for hydroxylation is 1. The van der Waals surface area contributed by atoms with E-state index in [1.54, 1.807) is 19.5 Å². The zero-order valence-electron chi connectivity index (χ0n) is 15.5. The molecule has 27 heavy (non-hydrogen) atoms. The van der Waals surface area contributed by atoms with E-state index in [1.807, 2.05) is 31.3 Å². The maximum Gasteiger partial charge on any atom is 0.163 e. The lowest BCUT2D eigenvalue weighted by Crippen LogP contribution is -2.00. The van der Waals surface area contributed by atoms with Crippen molar-refractivity contribution in [3.05, 3.63) is 66.5 Å². The van der Waals surface area contributed by atoms with Gasteiger partial charge in [-0.3, -0.25) is 4.98 Å². The first kappa shape index (κ1) is 17.0. The quantitative estimate of drug-likeness (QED) is 0.573. The van der Waals surface area contributed by atoms with E-state index >= 15 is 0 Å². The van der Waals surface area contributed by atoms with Crippen LogP contribution in [0.1, 0.15) is 5.56 Å². The molecule has 2 heterocycles. The summed E-state index contributed by atoms with van der Waals surface area (Å²) >= 11 is 0. The Morgan fingerprint density at radius 2 is 1.78 bits per heavy atom. The number of benzene rings is 2. The Balaban J connectivity index is 1.91. The Morgan fingerprint density at radius 3 is 2.44 bits per heavy atom. The molecule has 0 aliphatic heterocycles. The lowest BCUT2D eigenvalue weighted by Gasteiger charge is -2.13. The van der Waals surface area contributed by atoms with Crippen LogP contribution in [0.5, 0.6) is 5.75 Å². The SMILES string of the molecule is CNc1nc(-c2cccnc2)nc2cc(-c3ccc(OC)cc3)c(C)cc12. The molecular weight excluding hydrogens is 336 g/mol. The van der Waals surface area contributed by atoms with Crippen LogP contribution in [0, 0.1) is 6.92 Å². The van der Waals surface area contributed by atoms with Gasteiger partial charge in [0.1, 0.15) is 11.6 Å². The standard InChI is InChI=1S/C22H20N4O/c1-14-11-19-20(12-18(14)15-6-8-17(27-3)9-7-15)25-21(26-22(19)23-2)16-5-4-10-24-13-16/h4-13H,1-3H3,(H,23,25,26). The zero-order valence-corrected chi connectivity index (χ0v) is 15.5. The molecule has 134 valence electrons. The van der Waals surface area contributed by atoms with Crippen molar-refractivity contribution >= 4 is 16.7 Å². The number of anilines is 1. The minimum Gasteiger partial charge on any atom is -0.497 e. The molecule has 0 atom stereocenters. The van der Waals surface area contributed by atoms with Gasteiger partial charge < -0.3 is 10.1 Å². The predicted octanol–water partition coefficient (Wildman–Crippen LogP) is 4.72. The predicted molar refractivity (Wildman–Crippen MR) is 109 cm³/mol. The van der Waals surface area contributed by atoms with Gasteiger partial charge in [0, 0.05) is 30.4 Å². The molecule has 1 N–H and O–H groups in total. The van der Waals surface area contributed by atoms with E-state index in [0.717, 1.165) is 39.2 Å². The van der Waals surface area contributed by atoms with Crippen LogP contribution in [0.4, 0.5) is 5.82 Å². The summed E-state index contributed by atoms with van der Waals surface area (Å²) in [5.74, 6) is 2.31. The second kappa shape index (κ2) is 7.03. The number of pyridine rings is 1. The van der Waals surface area contributed by atoms with Crippen molar-refractivity contribution in [1.29, 1.82) is 0 Å². The summed E-state index contributed by atoms with van der Waals surface area (Å²) in [6.45, 7) is 2.10. The van der Waals surface area contributed by atoms with Gasteiger partial charge in [-0.05, 0) is 60.0 Å². The first-order valence-electron chi connectivity index (χ1n) is 8.74. The van der Waals surface area contributed by atoms with Gasteiger partial charge >= 0.3 is 0 Å². The minimum absolute atomic E-state index is 0.657. The summed E-state index contributed by atoms with van der Waals surface area (Å²) in [5, 5.41) is 4.19. The maximum absolute atomic E-state index is 5.27. The average Bonchev–Trinajstić information content (AvgIpc) is 2.73. The van der Waals surface area contributed by atoms with Crippen molar-refractivity contribution in [3.63, 3.8) is 0 Å². The molecule has 0 radical (unpaired) electrons. The summed E-state index contributed by atoms with van der Waals surface area (Å²) in [6, 6.07) is 16.2. The van der Waals surface area contributed by atoms with Crippen molar-refractivity contribution in [2.24, 2.45) is 0 Å². The van der Waals surface area contributed by atoms with Crippen molar-refractivity contribution in [2.45, 2.75) is 6.92 Å². The highest BCUT2D eigenvalue weighted by Gasteiger charge is 2.12. The second-order valence-electron chi connectivity index (χ2n) is 6.30. The monoisotopic (exact) mass is 356 g/mol. The summed E-state index contributed by atoms with van der Waals surface area (Å²) < 4.78 is 5.27. The molecule has 0 unspecified atom stereocenters. The minimum atomic E-state index is 0.657. The van der Waals surface area contributed by atoms with Crippen molar-refractivity contribution < 1.29 is 4.74 Å². The number of aromatic nitrogens is 3. The van der Waals surface area contributed by atoms with Crippen LogP contribution in [0.2, 0.25) is 0 Å². The molecule has 0 saturated heterocycles. The number of ether oxygens (including phenoxy) is 1. The van der Waals surface area contributed by atoms with Gasteiger partial charge in [-0.2, -0.15) is 0 Å². The molecule has 5 nitrogen and oxygen atoms in total. The van der Waals surface area contributed by atoms with E-state index < -0.39 is 0 Å². The summed E-state index contributed by atoms with van der Waals surface area (Å²) in [6.07, 6.45) is 3.52. The Hall–Kier alpha value is -3.47. The number of rotatable bonds is 4. The van der Waals surface area contributed by atoms with E-state index in [4.69, 9.17) is 9.72 Å². The number of nitrogens with one attached hydrogen (secondary N) is 1. The summed E-state index contributed by atoms with van der Waals surface area (Å²) in [4.78, 5) is 13.7. The molecule has 0 aliphatic rings. The summed E-state index contributed by atoms with van der Waals surface area (Å²) in [7, 11) is 3.55. The van der Waals surface area contributed by atoms with Gasteiger partial charge in [0.05, 0.1) is 12.6 Å². The Labute approximate surface area is 158 Å². The molecule has 0 amide bonds. The topological polar surface area (TPSA) is 59.9 Å². The van der Waals surface area contributed by atoms with E-state index in [0.29, 0.717) is 5.82 Å². The van der Waals surface area contributed by atoms with Gasteiger partial charge in [0.25, 0.3) is 0 Å². The smallest absolute Gasteiger partial charge is 0.163 e. The third-order valence-corrected chi connectivity index (χ3v) is 4.60. The van der Waals surface area contributed by atoms with Gasteiger partial charge in [0.2, 0.25) is 0 Å². The number of fused-ring (bicyclic) bond motifs is 1. The Bertz CT molecular complexity index is 1090. The molecule has 2 aromatic heterocycles. The van der Waals surface area contributed by atoms with Crippen LogP contribution >= 0.6 is 0 Å². The molecule has 0 spiro atoms. The third-order valence-electron chi connectivity index (χ3n) is 4.60. The van der Waals surface area contributed by atoms with Crippen molar-refractivity contribution in [3.8, 4) is 28.3 Å². The third kappa shape index (κ3) is 3.19. The fourth-order valence-electron chi connectivity index (χ4n) is 3.18. The van der Waals surface area contributed by atoms with Crippen LogP contribution in [0.25, 0.3) is 33.4 Å². The van der Waals surface area contributed by atoms with Crippen LogP contribution in [0.3, 0.4) is 0 Å². The lowest BCUT2D eigenvalue weighted by molar-refractivity contribution is 0.415. The van der Waals surface area contributed by atoms with Crippen LogP contribution in [-0.2, 0) is 0 Å². The zero-order chi connectivity index (χ0) is 18.8. The van der Waals surface area contributed by atoms with Crippen LogP contribution < -0.4 is 10.1 Å². The Kier molecular flexibility index (Phi) is 4.42. The lowest BCUT2D eigenvalue weighted by atomic mass is 9.98. The van der Waals surface area contributed by atoms with Gasteiger partial charge in [-0.25, -0.2) is 9.97 Å². The number of nitrogens with zero attached hydrogens (tertiary/aromatic N) is 3. The molecule has 0 bridgehead atoms.